The van der Waals surface area contributed by atoms with Crippen molar-refractivity contribution in [3.63, 3.8) is 0 Å². The zero-order valence-electron chi connectivity index (χ0n) is 33.8. The summed E-state index contributed by atoms with van der Waals surface area (Å²) in [6.45, 7) is 0. The number of nitrogens with zero attached hydrogens (tertiary/aromatic N) is 4. The number of rotatable bonds is 6. The van der Waals surface area contributed by atoms with Gasteiger partial charge in [0.05, 0.1) is 11.6 Å². The molecule has 0 aliphatic rings. The molecule has 10 aromatic carbocycles. The number of hydrogen-bond acceptors (Lipinski definition) is 5. The summed E-state index contributed by atoms with van der Waals surface area (Å²) in [6.07, 6.45) is 0. The third kappa shape index (κ3) is 6.20. The Labute approximate surface area is 362 Å². The van der Waals surface area contributed by atoms with Crippen molar-refractivity contribution in [2.24, 2.45) is 0 Å². The highest BCUT2D eigenvalue weighted by molar-refractivity contribution is 6.25. The van der Waals surface area contributed by atoms with Gasteiger partial charge in [-0.15, -0.1) is 0 Å². The fourth-order valence-electron chi connectivity index (χ4n) is 9.15. The molecule has 0 fully saturated rings. The molecule has 5 heteroatoms. The van der Waals surface area contributed by atoms with Gasteiger partial charge in [0.15, 0.2) is 17.5 Å². The van der Waals surface area contributed by atoms with Gasteiger partial charge >= 0.3 is 0 Å². The van der Waals surface area contributed by atoms with Crippen LogP contribution in [0.2, 0.25) is 0 Å². The van der Waals surface area contributed by atoms with Crippen molar-refractivity contribution in [3.8, 4) is 73.6 Å². The van der Waals surface area contributed by atoms with Crippen molar-refractivity contribution >= 4 is 54.3 Å². The maximum atomic E-state index is 9.94. The molecular weight excluding hydrogens is 769 g/mol. The van der Waals surface area contributed by atoms with Crippen molar-refractivity contribution in [2.45, 2.75) is 0 Å². The first-order chi connectivity index (χ1) is 31.2. The van der Waals surface area contributed by atoms with Crippen LogP contribution in [0.3, 0.4) is 0 Å². The minimum absolute atomic E-state index is 0.528. The van der Waals surface area contributed by atoms with Crippen LogP contribution in [0.4, 0.5) is 0 Å². The number of hydrogen-bond donors (Lipinski definition) is 0. The van der Waals surface area contributed by atoms with E-state index in [2.05, 4.69) is 152 Å². The molecule has 5 nitrogen and oxygen atoms in total. The minimum atomic E-state index is 0.528. The lowest BCUT2D eigenvalue weighted by molar-refractivity contribution is 0.669. The van der Waals surface area contributed by atoms with E-state index in [1.807, 2.05) is 60.7 Å². The molecule has 0 aliphatic heterocycles. The summed E-state index contributed by atoms with van der Waals surface area (Å²) in [5, 5.41) is 19.1. The van der Waals surface area contributed by atoms with Crippen molar-refractivity contribution in [2.75, 3.05) is 0 Å². The van der Waals surface area contributed by atoms with Gasteiger partial charge in [-0.05, 0) is 102 Å². The first kappa shape index (κ1) is 36.2. The third-order valence-corrected chi connectivity index (χ3v) is 12.2. The minimum Gasteiger partial charge on any atom is -0.456 e. The van der Waals surface area contributed by atoms with E-state index in [1.54, 1.807) is 0 Å². The highest BCUT2D eigenvalue weighted by atomic mass is 16.3. The van der Waals surface area contributed by atoms with Crippen molar-refractivity contribution in [3.05, 3.63) is 212 Å². The van der Waals surface area contributed by atoms with E-state index < -0.39 is 0 Å². The lowest BCUT2D eigenvalue weighted by Crippen LogP contribution is -2.00. The van der Waals surface area contributed by atoms with Crippen molar-refractivity contribution < 1.29 is 4.42 Å². The lowest BCUT2D eigenvalue weighted by Gasteiger charge is -2.13. The van der Waals surface area contributed by atoms with Gasteiger partial charge < -0.3 is 4.42 Å². The van der Waals surface area contributed by atoms with Gasteiger partial charge in [-0.1, -0.05) is 170 Å². The second kappa shape index (κ2) is 14.8. The second-order valence-electron chi connectivity index (χ2n) is 15.8. The number of furan rings is 1. The summed E-state index contributed by atoms with van der Waals surface area (Å²) in [7, 11) is 0. The standard InChI is InChI=1S/C58H34N4O/c59-35-43-14-4-5-17-44(43)39-15-10-16-40(32-39)56-60-57(41-28-30-50-48-20-7-6-18-46(48)47-19-8-9-21-49(47)52(50)33-41)62-58(61-56)42-29-31-51-54(34-42)63-53-23-11-22-45(55(51)53)38-26-24-37(25-27-38)36-12-2-1-3-13-36/h1-34H. The average Bonchev–Trinajstić information content (AvgIpc) is 3.75. The zero-order chi connectivity index (χ0) is 41.9. The van der Waals surface area contributed by atoms with Gasteiger partial charge in [-0.3, -0.25) is 0 Å². The molecule has 0 atom stereocenters. The highest BCUT2D eigenvalue weighted by Crippen LogP contribution is 2.40. The molecule has 0 saturated carbocycles. The van der Waals surface area contributed by atoms with E-state index in [9.17, 15) is 5.26 Å². The van der Waals surface area contributed by atoms with E-state index in [0.717, 1.165) is 66.3 Å². The number of fused-ring (bicyclic) bond motifs is 9. The average molecular weight is 803 g/mol. The lowest BCUT2D eigenvalue weighted by atomic mass is 9.93. The maximum absolute atomic E-state index is 9.94. The Bertz CT molecular complexity index is 3770. The molecule has 0 bridgehead atoms. The highest BCUT2D eigenvalue weighted by Gasteiger charge is 2.19. The molecule has 0 saturated heterocycles. The summed E-state index contributed by atoms with van der Waals surface area (Å²) in [6, 6.07) is 73.4. The Kier molecular flexibility index (Phi) is 8.48. The van der Waals surface area contributed by atoms with Crippen LogP contribution in [0.1, 0.15) is 5.56 Å². The molecule has 12 aromatic rings. The largest absolute Gasteiger partial charge is 0.456 e. The quantitative estimate of drug-likeness (QED) is 0.157. The van der Waals surface area contributed by atoms with E-state index in [0.29, 0.717) is 23.0 Å². The molecule has 12 rings (SSSR count). The molecule has 2 aromatic heterocycles. The van der Waals surface area contributed by atoms with Crippen molar-refractivity contribution in [1.82, 2.24) is 15.0 Å². The fourth-order valence-corrected chi connectivity index (χ4v) is 9.15. The smallest absolute Gasteiger partial charge is 0.164 e. The molecule has 0 aliphatic carbocycles. The van der Waals surface area contributed by atoms with Gasteiger partial charge in [-0.25, -0.2) is 15.0 Å². The van der Waals surface area contributed by atoms with Crippen LogP contribution in [-0.2, 0) is 0 Å². The van der Waals surface area contributed by atoms with Crippen LogP contribution in [-0.4, -0.2) is 15.0 Å². The predicted octanol–water partition coefficient (Wildman–Crippen LogP) is 15.1. The molecule has 0 N–H and O–H groups in total. The van der Waals surface area contributed by atoms with E-state index in [4.69, 9.17) is 19.4 Å². The monoisotopic (exact) mass is 802 g/mol. The summed E-state index contributed by atoms with van der Waals surface area (Å²) in [4.78, 5) is 15.6. The molecule has 0 unspecified atom stereocenters. The first-order valence-corrected chi connectivity index (χ1v) is 21.0. The van der Waals surface area contributed by atoms with Crippen LogP contribution >= 0.6 is 0 Å². The number of aromatic nitrogens is 3. The summed E-state index contributed by atoms with van der Waals surface area (Å²) in [5.74, 6) is 1.61. The van der Waals surface area contributed by atoms with Crippen LogP contribution in [0.15, 0.2) is 211 Å². The topological polar surface area (TPSA) is 75.6 Å². The van der Waals surface area contributed by atoms with Gasteiger partial charge in [0.25, 0.3) is 0 Å². The second-order valence-corrected chi connectivity index (χ2v) is 15.8. The van der Waals surface area contributed by atoms with Gasteiger partial charge in [0.2, 0.25) is 0 Å². The Morgan fingerprint density at radius 3 is 1.49 bits per heavy atom. The molecule has 0 amide bonds. The van der Waals surface area contributed by atoms with Gasteiger partial charge in [-0.2, -0.15) is 5.26 Å². The fraction of sp³-hybridized carbons (Fsp3) is 0. The normalized spacial score (nSPS) is 11.5. The SMILES string of the molecule is N#Cc1ccccc1-c1cccc(-c2nc(-c3ccc4c(c3)oc3cccc(-c5ccc(-c6ccccc6)cc5)c34)nc(-c3ccc4c5ccccc5c5ccccc5c4c3)n2)c1. The molecule has 0 spiro atoms. The zero-order valence-corrected chi connectivity index (χ0v) is 33.8. The molecule has 63 heavy (non-hydrogen) atoms. The molecule has 292 valence electrons. The third-order valence-electron chi connectivity index (χ3n) is 12.2. The van der Waals surface area contributed by atoms with Gasteiger partial charge in [0, 0.05) is 27.5 Å². The Morgan fingerprint density at radius 2 is 0.794 bits per heavy atom. The van der Waals surface area contributed by atoms with E-state index in [-0.39, 0.29) is 0 Å². The number of nitriles is 1. The Morgan fingerprint density at radius 1 is 0.317 bits per heavy atom. The van der Waals surface area contributed by atoms with Crippen LogP contribution < -0.4 is 0 Å². The molecule has 0 radical (unpaired) electrons. The molecule has 2 heterocycles. The summed E-state index contributed by atoms with van der Waals surface area (Å²) < 4.78 is 6.61. The summed E-state index contributed by atoms with van der Waals surface area (Å²) in [5.41, 5.74) is 11.0. The van der Waals surface area contributed by atoms with Gasteiger partial charge in [0.1, 0.15) is 11.2 Å². The van der Waals surface area contributed by atoms with Crippen LogP contribution in [0, 0.1) is 11.3 Å². The molecular formula is C58H34N4O. The van der Waals surface area contributed by atoms with Crippen molar-refractivity contribution in [1.29, 1.82) is 5.26 Å². The van der Waals surface area contributed by atoms with E-state index in [1.165, 1.54) is 38.1 Å². The van der Waals surface area contributed by atoms with Crippen LogP contribution in [0.25, 0.3) is 122 Å². The predicted molar refractivity (Wildman–Crippen MR) is 257 cm³/mol. The Balaban J connectivity index is 1.02. The van der Waals surface area contributed by atoms with E-state index >= 15 is 0 Å². The van der Waals surface area contributed by atoms with Crippen LogP contribution in [0.5, 0.6) is 0 Å². The Hall–Kier alpha value is -8.72. The maximum Gasteiger partial charge on any atom is 0.164 e. The summed E-state index contributed by atoms with van der Waals surface area (Å²) >= 11 is 0. The first-order valence-electron chi connectivity index (χ1n) is 21.0. The number of benzene rings is 10.